The molecule has 0 saturated heterocycles. The van der Waals surface area contributed by atoms with Gasteiger partial charge in [0.2, 0.25) is 5.91 Å². The van der Waals surface area contributed by atoms with Crippen LogP contribution in [0.25, 0.3) is 0 Å². The number of methoxy groups -OCH3 is 1. The molecular weight excluding hydrogens is 270 g/mol. The summed E-state index contributed by atoms with van der Waals surface area (Å²) in [5, 5.41) is 5.74. The van der Waals surface area contributed by atoms with Crippen LogP contribution in [-0.2, 0) is 9.53 Å². The molecule has 1 rings (SSSR count). The van der Waals surface area contributed by atoms with E-state index in [0.717, 1.165) is 25.1 Å². The Kier molecular flexibility index (Phi) is 7.63. The molecule has 1 aromatic heterocycles. The topological polar surface area (TPSA) is 102 Å². The van der Waals surface area contributed by atoms with Crippen molar-refractivity contribution in [2.24, 2.45) is 10.7 Å². The lowest BCUT2D eigenvalue weighted by Crippen LogP contribution is -2.14. The highest BCUT2D eigenvalue weighted by Gasteiger charge is 2.02. The first-order valence-electron chi connectivity index (χ1n) is 6.93. The number of aliphatic imine (C=N–C) groups is 1. The summed E-state index contributed by atoms with van der Waals surface area (Å²) in [6.45, 7) is 0.622. The van der Waals surface area contributed by atoms with Crippen LogP contribution in [0, 0.1) is 0 Å². The van der Waals surface area contributed by atoms with Gasteiger partial charge in [0.25, 0.3) is 6.02 Å². The number of aromatic nitrogens is 1. The summed E-state index contributed by atoms with van der Waals surface area (Å²) in [5.74, 6) is 0.762. The average Bonchev–Trinajstić information content (AvgIpc) is 2.51. The molecule has 0 aliphatic heterocycles. The van der Waals surface area contributed by atoms with E-state index in [2.05, 4.69) is 20.6 Å². The van der Waals surface area contributed by atoms with E-state index in [4.69, 9.17) is 10.5 Å². The van der Waals surface area contributed by atoms with E-state index in [1.54, 1.807) is 13.2 Å². The molecule has 1 aromatic rings. The number of carbonyl (C=O) groups is 1. The Morgan fingerprint density at radius 2 is 2.19 bits per heavy atom. The first kappa shape index (κ1) is 16.7. The third-order valence-electron chi connectivity index (χ3n) is 2.84. The number of carbonyl (C=O) groups excluding carboxylic acids is 1. The van der Waals surface area contributed by atoms with E-state index in [-0.39, 0.29) is 11.9 Å². The summed E-state index contributed by atoms with van der Waals surface area (Å²) in [5.41, 5.74) is 6.10. The number of unbranched alkanes of at least 4 members (excludes halogenated alkanes) is 2. The summed E-state index contributed by atoms with van der Waals surface area (Å²) >= 11 is 0. The molecule has 1 amide bonds. The lowest BCUT2D eigenvalue weighted by molar-refractivity contribution is -0.116. The second-order valence-electron chi connectivity index (χ2n) is 4.47. The number of nitrogens with zero attached hydrogens (tertiary/aromatic N) is 2. The number of amides is 1. The van der Waals surface area contributed by atoms with Crippen molar-refractivity contribution in [2.75, 3.05) is 31.3 Å². The van der Waals surface area contributed by atoms with Crippen LogP contribution >= 0.6 is 0 Å². The molecule has 7 heteroatoms. The molecule has 1 heterocycles. The molecular formula is C14H23N5O2. The molecule has 21 heavy (non-hydrogen) atoms. The summed E-state index contributed by atoms with van der Waals surface area (Å²) in [4.78, 5) is 19.9. The monoisotopic (exact) mass is 293 g/mol. The number of pyridine rings is 1. The van der Waals surface area contributed by atoms with Gasteiger partial charge in [-0.05, 0) is 25.0 Å². The van der Waals surface area contributed by atoms with Gasteiger partial charge in [-0.2, -0.15) is 0 Å². The largest absolute Gasteiger partial charge is 0.469 e. The number of rotatable bonds is 8. The number of hydrogen-bond acceptors (Lipinski definition) is 5. The number of hydrogen-bond donors (Lipinski definition) is 3. The Morgan fingerprint density at radius 1 is 1.38 bits per heavy atom. The van der Waals surface area contributed by atoms with Gasteiger partial charge in [-0.15, -0.1) is 0 Å². The van der Waals surface area contributed by atoms with Crippen molar-refractivity contribution in [1.82, 2.24) is 4.98 Å². The van der Waals surface area contributed by atoms with E-state index in [1.807, 2.05) is 12.1 Å². The van der Waals surface area contributed by atoms with E-state index < -0.39 is 0 Å². The fraction of sp³-hybridized carbons (Fsp3) is 0.500. The predicted octanol–water partition coefficient (Wildman–Crippen LogP) is 1.58. The Hall–Kier alpha value is -2.31. The molecule has 7 nitrogen and oxygen atoms in total. The van der Waals surface area contributed by atoms with Gasteiger partial charge in [-0.3, -0.25) is 4.79 Å². The second-order valence-corrected chi connectivity index (χ2v) is 4.47. The van der Waals surface area contributed by atoms with Crippen LogP contribution in [0.5, 0.6) is 0 Å². The molecule has 0 aliphatic rings. The molecule has 0 fully saturated rings. The highest BCUT2D eigenvalue weighted by molar-refractivity contribution is 5.90. The smallest absolute Gasteiger partial charge is 0.281 e. The van der Waals surface area contributed by atoms with Crippen LogP contribution in [0.1, 0.15) is 25.7 Å². The van der Waals surface area contributed by atoms with Crippen molar-refractivity contribution >= 4 is 23.4 Å². The number of nitrogens with two attached hydrogens (primary N) is 1. The standard InChI is InChI=1S/C14H23N5O2/c1-16-12-8-7-11(10-18-12)19-13(20)6-4-3-5-9-17-14(15)21-2/h7-8,10H,3-6,9H2,1-2H3,(H2,15,17)(H,16,18)(H,19,20). The normalized spacial score (nSPS) is 11.0. The van der Waals surface area contributed by atoms with Crippen LogP contribution in [0.2, 0.25) is 0 Å². The van der Waals surface area contributed by atoms with E-state index in [9.17, 15) is 4.79 Å². The zero-order chi connectivity index (χ0) is 15.5. The summed E-state index contributed by atoms with van der Waals surface area (Å²) in [7, 11) is 3.28. The minimum Gasteiger partial charge on any atom is -0.469 e. The van der Waals surface area contributed by atoms with Crippen molar-refractivity contribution in [3.05, 3.63) is 18.3 Å². The lowest BCUT2D eigenvalue weighted by Gasteiger charge is -2.05. The molecule has 0 saturated carbocycles. The Labute approximate surface area is 125 Å². The van der Waals surface area contributed by atoms with Crippen molar-refractivity contribution in [3.63, 3.8) is 0 Å². The molecule has 0 unspecified atom stereocenters. The van der Waals surface area contributed by atoms with Gasteiger partial charge in [-0.25, -0.2) is 9.98 Å². The zero-order valence-corrected chi connectivity index (χ0v) is 12.6. The van der Waals surface area contributed by atoms with Crippen LogP contribution in [0.3, 0.4) is 0 Å². The van der Waals surface area contributed by atoms with Crippen LogP contribution in [0.4, 0.5) is 11.5 Å². The molecule has 0 bridgehead atoms. The van der Waals surface area contributed by atoms with Crippen molar-refractivity contribution in [1.29, 1.82) is 0 Å². The minimum atomic E-state index is -0.00563. The van der Waals surface area contributed by atoms with E-state index in [1.165, 1.54) is 7.11 Å². The molecule has 0 spiro atoms. The number of amidine groups is 1. The quantitative estimate of drug-likeness (QED) is 0.384. The third-order valence-corrected chi connectivity index (χ3v) is 2.84. The Morgan fingerprint density at radius 3 is 2.81 bits per heavy atom. The van der Waals surface area contributed by atoms with Crippen molar-refractivity contribution in [2.45, 2.75) is 25.7 Å². The van der Waals surface area contributed by atoms with Gasteiger partial charge in [-0.1, -0.05) is 6.42 Å². The molecule has 4 N–H and O–H groups in total. The summed E-state index contributed by atoms with van der Waals surface area (Å²) in [6, 6.07) is 3.83. The van der Waals surface area contributed by atoms with E-state index >= 15 is 0 Å². The molecule has 116 valence electrons. The maximum absolute atomic E-state index is 11.7. The van der Waals surface area contributed by atoms with Gasteiger partial charge in [0.1, 0.15) is 5.82 Å². The van der Waals surface area contributed by atoms with Crippen LogP contribution < -0.4 is 16.4 Å². The minimum absolute atomic E-state index is 0.00563. The Balaban J connectivity index is 2.16. The van der Waals surface area contributed by atoms with Crippen molar-refractivity contribution < 1.29 is 9.53 Å². The summed E-state index contributed by atoms with van der Waals surface area (Å²) in [6.07, 6.45) is 4.74. The number of ether oxygens (including phenoxy) is 1. The fourth-order valence-corrected chi connectivity index (χ4v) is 1.67. The van der Waals surface area contributed by atoms with Gasteiger partial charge in [0.15, 0.2) is 0 Å². The van der Waals surface area contributed by atoms with Crippen LogP contribution in [0.15, 0.2) is 23.3 Å². The molecule has 0 aromatic carbocycles. The molecule has 0 aliphatic carbocycles. The average molecular weight is 293 g/mol. The second kappa shape index (κ2) is 9.57. The lowest BCUT2D eigenvalue weighted by atomic mass is 10.2. The summed E-state index contributed by atoms with van der Waals surface area (Å²) < 4.78 is 4.73. The highest BCUT2D eigenvalue weighted by Crippen LogP contribution is 2.10. The number of nitrogens with one attached hydrogen (secondary N) is 2. The molecule has 0 radical (unpaired) electrons. The first-order valence-corrected chi connectivity index (χ1v) is 6.93. The maximum Gasteiger partial charge on any atom is 0.281 e. The highest BCUT2D eigenvalue weighted by atomic mass is 16.5. The van der Waals surface area contributed by atoms with Gasteiger partial charge in [0, 0.05) is 20.0 Å². The number of anilines is 2. The SMILES string of the molecule is CNc1ccc(NC(=O)CCCCCN=C(N)OC)cn1. The van der Waals surface area contributed by atoms with Gasteiger partial charge < -0.3 is 21.1 Å². The zero-order valence-electron chi connectivity index (χ0n) is 12.6. The van der Waals surface area contributed by atoms with Gasteiger partial charge in [0.05, 0.1) is 19.0 Å². The maximum atomic E-state index is 11.7. The first-order chi connectivity index (χ1) is 10.2. The molecule has 0 atom stereocenters. The van der Waals surface area contributed by atoms with Gasteiger partial charge >= 0.3 is 0 Å². The Bertz CT molecular complexity index is 459. The third kappa shape index (κ3) is 7.14. The van der Waals surface area contributed by atoms with Crippen LogP contribution in [-0.4, -0.2) is 37.6 Å². The van der Waals surface area contributed by atoms with E-state index in [0.29, 0.717) is 18.7 Å². The van der Waals surface area contributed by atoms with Crippen molar-refractivity contribution in [3.8, 4) is 0 Å². The fourth-order valence-electron chi connectivity index (χ4n) is 1.67. The predicted molar refractivity (Wildman–Crippen MR) is 84.4 cm³/mol.